The average molecular weight is 353 g/mol. The highest BCUT2D eigenvalue weighted by atomic mass is 32.1. The van der Waals surface area contributed by atoms with Crippen LogP contribution in [0.5, 0.6) is 5.88 Å². The fourth-order valence-electron chi connectivity index (χ4n) is 2.63. The van der Waals surface area contributed by atoms with Gasteiger partial charge in [0, 0.05) is 32.0 Å². The van der Waals surface area contributed by atoms with Crippen molar-refractivity contribution in [1.82, 2.24) is 9.97 Å². The van der Waals surface area contributed by atoms with Crippen molar-refractivity contribution in [2.75, 3.05) is 12.4 Å². The van der Waals surface area contributed by atoms with Gasteiger partial charge < -0.3 is 10.1 Å². The predicted molar refractivity (Wildman–Crippen MR) is 102 cm³/mol. The number of pyridine rings is 1. The van der Waals surface area contributed by atoms with Gasteiger partial charge in [-0.25, -0.2) is 9.97 Å². The van der Waals surface area contributed by atoms with E-state index >= 15 is 0 Å². The largest absolute Gasteiger partial charge is 0.481 e. The smallest absolute Gasteiger partial charge is 0.213 e. The number of thiophene rings is 1. The quantitative estimate of drug-likeness (QED) is 0.528. The predicted octanol–water partition coefficient (Wildman–Crippen LogP) is 5.48. The Bertz CT molecular complexity index is 989. The monoisotopic (exact) mass is 353 g/mol. The first-order valence-corrected chi connectivity index (χ1v) is 9.15. The molecule has 0 bridgehead atoms. The molecule has 0 radical (unpaired) electrons. The van der Waals surface area contributed by atoms with Crippen LogP contribution in [0.1, 0.15) is 4.88 Å². The first kappa shape index (κ1) is 15.1. The molecule has 3 heterocycles. The SMILES string of the molecule is COc1ccc(Nc2nc(-c3c(C)sc4ccccc34)cs2)cn1. The highest BCUT2D eigenvalue weighted by Crippen LogP contribution is 2.39. The van der Waals surface area contributed by atoms with E-state index in [2.05, 4.69) is 46.9 Å². The number of rotatable bonds is 4. The van der Waals surface area contributed by atoms with Gasteiger partial charge in [-0.2, -0.15) is 0 Å². The van der Waals surface area contributed by atoms with Gasteiger partial charge in [0.15, 0.2) is 5.13 Å². The molecule has 0 aliphatic rings. The van der Waals surface area contributed by atoms with Gasteiger partial charge >= 0.3 is 0 Å². The van der Waals surface area contributed by atoms with Crippen molar-refractivity contribution in [1.29, 1.82) is 0 Å². The number of anilines is 2. The molecule has 6 heteroatoms. The zero-order chi connectivity index (χ0) is 16.5. The molecule has 3 aromatic heterocycles. The van der Waals surface area contributed by atoms with E-state index in [-0.39, 0.29) is 0 Å². The van der Waals surface area contributed by atoms with Crippen LogP contribution in [-0.2, 0) is 0 Å². The third-order valence-corrected chi connectivity index (χ3v) is 5.57. The van der Waals surface area contributed by atoms with E-state index in [1.54, 1.807) is 24.6 Å². The van der Waals surface area contributed by atoms with E-state index < -0.39 is 0 Å². The molecule has 0 unspecified atom stereocenters. The molecule has 120 valence electrons. The fraction of sp³-hybridized carbons (Fsp3) is 0.111. The summed E-state index contributed by atoms with van der Waals surface area (Å²) < 4.78 is 6.37. The standard InChI is InChI=1S/C18H15N3OS2/c1-11-17(13-5-3-4-6-15(13)24-11)14-10-23-18(21-14)20-12-7-8-16(22-2)19-9-12/h3-10H,1-2H3,(H,20,21). The zero-order valence-electron chi connectivity index (χ0n) is 13.2. The molecule has 0 spiro atoms. The number of aromatic nitrogens is 2. The van der Waals surface area contributed by atoms with Gasteiger partial charge in [0.25, 0.3) is 0 Å². The van der Waals surface area contributed by atoms with Crippen LogP contribution in [-0.4, -0.2) is 17.1 Å². The Labute approximate surface area is 147 Å². The number of thiazole rings is 1. The normalized spacial score (nSPS) is 10.9. The van der Waals surface area contributed by atoms with Crippen LogP contribution in [0.2, 0.25) is 0 Å². The van der Waals surface area contributed by atoms with Crippen molar-refractivity contribution in [3.8, 4) is 17.1 Å². The van der Waals surface area contributed by atoms with Gasteiger partial charge in [0.1, 0.15) is 0 Å². The van der Waals surface area contributed by atoms with Crippen molar-refractivity contribution in [2.24, 2.45) is 0 Å². The lowest BCUT2D eigenvalue weighted by molar-refractivity contribution is 0.398. The summed E-state index contributed by atoms with van der Waals surface area (Å²) in [6.45, 7) is 2.15. The van der Waals surface area contributed by atoms with Crippen LogP contribution >= 0.6 is 22.7 Å². The lowest BCUT2D eigenvalue weighted by Crippen LogP contribution is -1.92. The lowest BCUT2D eigenvalue weighted by Gasteiger charge is -2.03. The Morgan fingerprint density at radius 2 is 2.00 bits per heavy atom. The van der Waals surface area contributed by atoms with Gasteiger partial charge in [0.2, 0.25) is 5.88 Å². The summed E-state index contributed by atoms with van der Waals surface area (Å²) in [6.07, 6.45) is 1.74. The molecule has 4 nitrogen and oxygen atoms in total. The number of aryl methyl sites for hydroxylation is 1. The van der Waals surface area contributed by atoms with E-state index in [1.807, 2.05) is 23.5 Å². The molecule has 1 N–H and O–H groups in total. The minimum Gasteiger partial charge on any atom is -0.481 e. The molecule has 0 aliphatic heterocycles. The van der Waals surface area contributed by atoms with Gasteiger partial charge in [-0.05, 0) is 19.1 Å². The van der Waals surface area contributed by atoms with Crippen molar-refractivity contribution < 1.29 is 4.74 Å². The van der Waals surface area contributed by atoms with Gasteiger partial charge in [0.05, 0.1) is 24.7 Å². The summed E-state index contributed by atoms with van der Waals surface area (Å²) in [5.41, 5.74) is 3.13. The second kappa shape index (κ2) is 6.22. The van der Waals surface area contributed by atoms with E-state index in [1.165, 1.54) is 20.5 Å². The zero-order valence-corrected chi connectivity index (χ0v) is 14.9. The van der Waals surface area contributed by atoms with E-state index in [4.69, 9.17) is 9.72 Å². The summed E-state index contributed by atoms with van der Waals surface area (Å²) in [7, 11) is 1.61. The minimum absolute atomic E-state index is 0.598. The summed E-state index contributed by atoms with van der Waals surface area (Å²) in [4.78, 5) is 10.2. The first-order chi connectivity index (χ1) is 11.7. The molecule has 24 heavy (non-hydrogen) atoms. The van der Waals surface area contributed by atoms with E-state index in [0.29, 0.717) is 5.88 Å². The first-order valence-electron chi connectivity index (χ1n) is 7.45. The summed E-state index contributed by atoms with van der Waals surface area (Å²) in [5, 5.41) is 7.52. The number of benzene rings is 1. The molecule has 0 saturated heterocycles. The maximum absolute atomic E-state index is 5.08. The average Bonchev–Trinajstić information content (AvgIpc) is 3.18. The van der Waals surface area contributed by atoms with Crippen LogP contribution < -0.4 is 10.1 Å². The highest BCUT2D eigenvalue weighted by molar-refractivity contribution is 7.19. The van der Waals surface area contributed by atoms with E-state index in [9.17, 15) is 0 Å². The molecule has 1 aromatic carbocycles. The number of hydrogen-bond acceptors (Lipinski definition) is 6. The van der Waals surface area contributed by atoms with Crippen LogP contribution in [0.3, 0.4) is 0 Å². The van der Waals surface area contributed by atoms with Crippen LogP contribution in [0.25, 0.3) is 21.3 Å². The molecule has 0 aliphatic carbocycles. The number of fused-ring (bicyclic) bond motifs is 1. The summed E-state index contributed by atoms with van der Waals surface area (Å²) in [6, 6.07) is 12.2. The molecule has 4 aromatic rings. The van der Waals surface area contributed by atoms with Crippen LogP contribution in [0.4, 0.5) is 10.8 Å². The number of ether oxygens (including phenoxy) is 1. The van der Waals surface area contributed by atoms with Crippen molar-refractivity contribution in [3.63, 3.8) is 0 Å². The fourth-order valence-corrected chi connectivity index (χ4v) is 4.43. The number of nitrogens with zero attached hydrogens (tertiary/aromatic N) is 2. The van der Waals surface area contributed by atoms with Crippen molar-refractivity contribution in [2.45, 2.75) is 6.92 Å². The van der Waals surface area contributed by atoms with Gasteiger partial charge in [-0.3, -0.25) is 0 Å². The van der Waals surface area contributed by atoms with Crippen LogP contribution in [0.15, 0.2) is 48.0 Å². The molecule has 4 rings (SSSR count). The molecule has 0 amide bonds. The van der Waals surface area contributed by atoms with Gasteiger partial charge in [-0.1, -0.05) is 18.2 Å². The molecule has 0 saturated carbocycles. The second-order valence-corrected chi connectivity index (χ2v) is 7.40. The Morgan fingerprint density at radius 1 is 1.12 bits per heavy atom. The van der Waals surface area contributed by atoms with E-state index in [0.717, 1.165) is 16.5 Å². The van der Waals surface area contributed by atoms with Gasteiger partial charge in [-0.15, -0.1) is 22.7 Å². The van der Waals surface area contributed by atoms with Crippen molar-refractivity contribution >= 4 is 43.6 Å². The second-order valence-electron chi connectivity index (χ2n) is 5.28. The lowest BCUT2D eigenvalue weighted by atomic mass is 10.1. The highest BCUT2D eigenvalue weighted by Gasteiger charge is 2.14. The topological polar surface area (TPSA) is 47.0 Å². The van der Waals surface area contributed by atoms with Crippen molar-refractivity contribution in [3.05, 3.63) is 52.9 Å². The molecule has 0 atom stereocenters. The molecule has 0 fully saturated rings. The Hall–Kier alpha value is -2.44. The Balaban J connectivity index is 1.65. The molecular weight excluding hydrogens is 338 g/mol. The minimum atomic E-state index is 0.598. The number of methoxy groups -OCH3 is 1. The molecular formula is C18H15N3OS2. The third kappa shape index (κ3) is 2.74. The Kier molecular flexibility index (Phi) is 3.92. The summed E-state index contributed by atoms with van der Waals surface area (Å²) >= 11 is 3.40. The third-order valence-electron chi connectivity index (χ3n) is 3.73. The summed E-state index contributed by atoms with van der Waals surface area (Å²) in [5.74, 6) is 0.598. The Morgan fingerprint density at radius 3 is 2.79 bits per heavy atom. The number of nitrogens with one attached hydrogen (secondary N) is 1. The van der Waals surface area contributed by atoms with Crippen LogP contribution in [0, 0.1) is 6.92 Å². The maximum Gasteiger partial charge on any atom is 0.213 e. The maximum atomic E-state index is 5.08. The number of hydrogen-bond donors (Lipinski definition) is 1.